The Hall–Kier alpha value is -0.180. The van der Waals surface area contributed by atoms with E-state index < -0.39 is 12.5 Å². The second-order valence-corrected chi connectivity index (χ2v) is 4.50. The van der Waals surface area contributed by atoms with Crippen LogP contribution in [-0.4, -0.2) is 17.6 Å². The fourth-order valence-corrected chi connectivity index (χ4v) is 2.49. The molecule has 1 aliphatic carbocycles. The monoisotopic (exact) mass is 192 g/mol. The topological polar surface area (TPSA) is 20.2 Å². The summed E-state index contributed by atoms with van der Waals surface area (Å²) in [6.45, 7) is 4.14. The number of rotatable bonds is 2. The molecule has 1 fully saturated rings. The molecule has 3 heteroatoms. The van der Waals surface area contributed by atoms with Crippen molar-refractivity contribution in [3.63, 3.8) is 0 Å². The van der Waals surface area contributed by atoms with Gasteiger partial charge in [0.2, 0.25) is 0 Å². The molecule has 0 aromatic rings. The largest absolute Gasteiger partial charge is 0.387 e. The summed E-state index contributed by atoms with van der Waals surface area (Å²) in [5, 5.41) is 9.24. The summed E-state index contributed by atoms with van der Waals surface area (Å²) in [6.07, 6.45) is -1.40. The van der Waals surface area contributed by atoms with Crippen molar-refractivity contribution in [3.8, 4) is 0 Å². The van der Waals surface area contributed by atoms with Crippen molar-refractivity contribution in [2.75, 3.05) is 0 Å². The Morgan fingerprint density at radius 3 is 1.92 bits per heavy atom. The van der Waals surface area contributed by atoms with E-state index in [1.807, 2.05) is 0 Å². The van der Waals surface area contributed by atoms with E-state index in [4.69, 9.17) is 0 Å². The molecular weight excluding hydrogens is 174 g/mol. The predicted octanol–water partition coefficient (Wildman–Crippen LogP) is 2.68. The number of hydrogen-bond acceptors (Lipinski definition) is 1. The lowest BCUT2D eigenvalue weighted by Crippen LogP contribution is -2.33. The van der Waals surface area contributed by atoms with Crippen LogP contribution in [0.25, 0.3) is 0 Å². The Balaban J connectivity index is 2.49. The third kappa shape index (κ3) is 2.90. The molecule has 1 nitrogen and oxygen atoms in total. The van der Waals surface area contributed by atoms with Crippen LogP contribution in [0.2, 0.25) is 0 Å². The second kappa shape index (κ2) is 4.36. The molecule has 0 spiro atoms. The van der Waals surface area contributed by atoms with Crippen LogP contribution in [0, 0.1) is 17.8 Å². The number of halogens is 2. The highest BCUT2D eigenvalue weighted by Crippen LogP contribution is 2.35. The second-order valence-electron chi connectivity index (χ2n) is 4.50. The average molecular weight is 192 g/mol. The molecule has 13 heavy (non-hydrogen) atoms. The van der Waals surface area contributed by atoms with E-state index in [1.165, 1.54) is 0 Å². The molecule has 0 amide bonds. The van der Waals surface area contributed by atoms with E-state index in [9.17, 15) is 13.9 Å². The fraction of sp³-hybridized carbons (Fsp3) is 1.00. The lowest BCUT2D eigenvalue weighted by Gasteiger charge is -2.33. The van der Waals surface area contributed by atoms with Gasteiger partial charge in [0, 0.05) is 0 Å². The molecule has 3 unspecified atom stereocenters. The first kappa shape index (κ1) is 10.9. The van der Waals surface area contributed by atoms with Crippen molar-refractivity contribution < 1.29 is 13.9 Å². The Bertz CT molecular complexity index is 151. The predicted molar refractivity (Wildman–Crippen MR) is 47.7 cm³/mol. The quantitative estimate of drug-likeness (QED) is 0.713. The molecule has 0 radical (unpaired) electrons. The van der Waals surface area contributed by atoms with Crippen molar-refractivity contribution >= 4 is 0 Å². The van der Waals surface area contributed by atoms with E-state index in [0.717, 1.165) is 19.3 Å². The summed E-state index contributed by atoms with van der Waals surface area (Å²) in [6, 6.07) is 0. The smallest absolute Gasteiger partial charge is 0.264 e. The van der Waals surface area contributed by atoms with Gasteiger partial charge in [0.1, 0.15) is 6.10 Å². The molecule has 3 atom stereocenters. The van der Waals surface area contributed by atoms with Gasteiger partial charge in [0.25, 0.3) is 6.43 Å². The Labute approximate surface area is 78.1 Å². The Kier molecular flexibility index (Phi) is 3.65. The summed E-state index contributed by atoms with van der Waals surface area (Å²) in [4.78, 5) is 0. The Morgan fingerprint density at radius 1 is 1.08 bits per heavy atom. The van der Waals surface area contributed by atoms with Crippen LogP contribution in [0.3, 0.4) is 0 Å². The lowest BCUT2D eigenvalue weighted by molar-refractivity contribution is -0.0570. The first-order valence-corrected chi connectivity index (χ1v) is 4.97. The van der Waals surface area contributed by atoms with E-state index in [0.29, 0.717) is 11.8 Å². The highest BCUT2D eigenvalue weighted by molar-refractivity contribution is 4.80. The number of aliphatic hydroxyl groups is 1. The summed E-state index contributed by atoms with van der Waals surface area (Å²) in [5.41, 5.74) is 0. The van der Waals surface area contributed by atoms with Gasteiger partial charge >= 0.3 is 0 Å². The summed E-state index contributed by atoms with van der Waals surface area (Å²) in [5.74, 6) is 0.753. The SMILES string of the molecule is CC1CC(C)CC(C(O)C(F)F)C1. The van der Waals surface area contributed by atoms with Crippen LogP contribution in [0.4, 0.5) is 8.78 Å². The molecule has 78 valence electrons. The van der Waals surface area contributed by atoms with Gasteiger partial charge in [-0.25, -0.2) is 8.78 Å². The number of hydrogen-bond donors (Lipinski definition) is 1. The summed E-state index contributed by atoms with van der Waals surface area (Å²) < 4.78 is 24.4. The minimum Gasteiger partial charge on any atom is -0.387 e. The highest BCUT2D eigenvalue weighted by Gasteiger charge is 2.33. The maximum Gasteiger partial charge on any atom is 0.264 e. The number of aliphatic hydroxyl groups excluding tert-OH is 1. The molecule has 0 aliphatic heterocycles. The zero-order chi connectivity index (χ0) is 10.0. The van der Waals surface area contributed by atoms with Gasteiger partial charge in [-0.05, 0) is 37.0 Å². The van der Waals surface area contributed by atoms with Crippen LogP contribution < -0.4 is 0 Å². The van der Waals surface area contributed by atoms with Crippen molar-refractivity contribution in [2.45, 2.75) is 45.6 Å². The van der Waals surface area contributed by atoms with E-state index in [-0.39, 0.29) is 5.92 Å². The maximum absolute atomic E-state index is 12.2. The van der Waals surface area contributed by atoms with Gasteiger partial charge in [-0.1, -0.05) is 13.8 Å². The maximum atomic E-state index is 12.2. The van der Waals surface area contributed by atoms with Crippen molar-refractivity contribution in [2.24, 2.45) is 17.8 Å². The van der Waals surface area contributed by atoms with Crippen LogP contribution in [0.1, 0.15) is 33.1 Å². The third-order valence-electron chi connectivity index (χ3n) is 2.96. The third-order valence-corrected chi connectivity index (χ3v) is 2.96. The van der Waals surface area contributed by atoms with Gasteiger partial charge in [-0.15, -0.1) is 0 Å². The van der Waals surface area contributed by atoms with Crippen LogP contribution in [0.15, 0.2) is 0 Å². The highest BCUT2D eigenvalue weighted by atomic mass is 19.3. The van der Waals surface area contributed by atoms with Gasteiger partial charge in [-0.2, -0.15) is 0 Å². The normalized spacial score (nSPS) is 37.8. The zero-order valence-electron chi connectivity index (χ0n) is 8.21. The molecule has 0 saturated heterocycles. The number of alkyl halides is 2. The Morgan fingerprint density at radius 2 is 1.54 bits per heavy atom. The molecule has 0 heterocycles. The van der Waals surface area contributed by atoms with Gasteiger partial charge in [0.05, 0.1) is 0 Å². The molecule has 1 aliphatic rings. The molecule has 0 aromatic heterocycles. The van der Waals surface area contributed by atoms with Gasteiger partial charge < -0.3 is 5.11 Å². The van der Waals surface area contributed by atoms with E-state index in [1.54, 1.807) is 0 Å². The van der Waals surface area contributed by atoms with Crippen molar-refractivity contribution in [1.29, 1.82) is 0 Å². The molecule has 1 rings (SSSR count). The average Bonchev–Trinajstić information content (AvgIpc) is 2.01. The molecule has 1 N–H and O–H groups in total. The summed E-state index contributed by atoms with van der Waals surface area (Å²) >= 11 is 0. The van der Waals surface area contributed by atoms with Crippen LogP contribution in [-0.2, 0) is 0 Å². The lowest BCUT2D eigenvalue weighted by atomic mass is 9.74. The van der Waals surface area contributed by atoms with Crippen molar-refractivity contribution in [1.82, 2.24) is 0 Å². The zero-order valence-corrected chi connectivity index (χ0v) is 8.21. The van der Waals surface area contributed by atoms with Crippen LogP contribution >= 0.6 is 0 Å². The van der Waals surface area contributed by atoms with E-state index >= 15 is 0 Å². The van der Waals surface area contributed by atoms with Crippen molar-refractivity contribution in [3.05, 3.63) is 0 Å². The van der Waals surface area contributed by atoms with Crippen LogP contribution in [0.5, 0.6) is 0 Å². The standard InChI is InChI=1S/C10H18F2O/c1-6-3-7(2)5-8(4-6)9(13)10(11)12/h6-10,13H,3-5H2,1-2H3. The van der Waals surface area contributed by atoms with E-state index in [2.05, 4.69) is 13.8 Å². The first-order chi connectivity index (χ1) is 6.00. The molecule has 1 saturated carbocycles. The minimum atomic E-state index is -2.58. The summed E-state index contributed by atoms with van der Waals surface area (Å²) in [7, 11) is 0. The molecule has 0 aromatic carbocycles. The molecular formula is C10H18F2O. The fourth-order valence-electron chi connectivity index (χ4n) is 2.49. The first-order valence-electron chi connectivity index (χ1n) is 4.97. The van der Waals surface area contributed by atoms with Gasteiger partial charge in [0.15, 0.2) is 0 Å². The molecule has 0 bridgehead atoms. The minimum absolute atomic E-state index is 0.196. The van der Waals surface area contributed by atoms with Gasteiger partial charge in [-0.3, -0.25) is 0 Å².